The van der Waals surface area contributed by atoms with Gasteiger partial charge in [0.15, 0.2) is 0 Å². The summed E-state index contributed by atoms with van der Waals surface area (Å²) >= 11 is 0. The highest BCUT2D eigenvalue weighted by atomic mass is 16.6. The third kappa shape index (κ3) is 5.58. The summed E-state index contributed by atoms with van der Waals surface area (Å²) in [6.07, 6.45) is -0.569. The van der Waals surface area contributed by atoms with Crippen molar-refractivity contribution in [3.05, 3.63) is 95.6 Å². The van der Waals surface area contributed by atoms with E-state index in [-0.39, 0.29) is 31.3 Å². The van der Waals surface area contributed by atoms with Crippen molar-refractivity contribution in [2.24, 2.45) is 5.16 Å². The molecule has 1 aliphatic heterocycles. The summed E-state index contributed by atoms with van der Waals surface area (Å²) in [5, 5.41) is 17.2. The molecule has 2 N–H and O–H groups in total. The number of aliphatic hydroxyl groups is 1. The number of nitrogens with zero attached hydrogens (tertiary/aromatic N) is 2. The van der Waals surface area contributed by atoms with E-state index in [1.165, 1.54) is 12.0 Å². The quantitative estimate of drug-likeness (QED) is 0.514. The summed E-state index contributed by atoms with van der Waals surface area (Å²) in [6, 6.07) is 23.8. The summed E-state index contributed by atoms with van der Waals surface area (Å²) in [5.41, 5.74) is 5.09. The summed E-state index contributed by atoms with van der Waals surface area (Å²) in [7, 11) is 1.44. The lowest BCUT2D eigenvalue weighted by Crippen LogP contribution is -2.46. The first-order valence-corrected chi connectivity index (χ1v) is 11.5. The predicted octanol–water partition coefficient (Wildman–Crippen LogP) is 3.73. The maximum atomic E-state index is 13.4. The number of aliphatic hydroxyl groups excluding tert-OH is 1. The van der Waals surface area contributed by atoms with E-state index >= 15 is 0 Å². The standard InChI is InChI=1S/C28H29N3O4/c1-19-8-6-7-11-24(19)20-12-14-22(15-13-20)28(34)31-18-23(30-35-2)16-25(31)27(33)29-17-26(32)21-9-4-3-5-10-21/h3-15,25-26,32H,16-18H2,1-2H3,(H,29,33). The Morgan fingerprint density at radius 1 is 1.06 bits per heavy atom. The van der Waals surface area contributed by atoms with Crippen LogP contribution in [0.25, 0.3) is 11.1 Å². The van der Waals surface area contributed by atoms with Gasteiger partial charge < -0.3 is 20.2 Å². The third-order valence-electron chi connectivity index (χ3n) is 6.18. The molecule has 2 amide bonds. The molecule has 7 heteroatoms. The molecule has 3 aromatic carbocycles. The second-order valence-corrected chi connectivity index (χ2v) is 8.56. The largest absolute Gasteiger partial charge is 0.399 e. The highest BCUT2D eigenvalue weighted by Gasteiger charge is 2.38. The van der Waals surface area contributed by atoms with Gasteiger partial charge in [-0.05, 0) is 41.3 Å². The van der Waals surface area contributed by atoms with Gasteiger partial charge in [-0.1, -0.05) is 71.9 Å². The molecule has 0 bridgehead atoms. The Morgan fingerprint density at radius 2 is 1.74 bits per heavy atom. The number of rotatable bonds is 7. The molecule has 2 atom stereocenters. The Bertz CT molecular complexity index is 1210. The monoisotopic (exact) mass is 471 g/mol. The molecule has 0 radical (unpaired) electrons. The Hall–Kier alpha value is -3.97. The van der Waals surface area contributed by atoms with Crippen molar-refractivity contribution in [2.45, 2.75) is 25.5 Å². The van der Waals surface area contributed by atoms with Crippen LogP contribution < -0.4 is 5.32 Å². The second-order valence-electron chi connectivity index (χ2n) is 8.56. The number of aryl methyl sites for hydroxylation is 1. The normalized spacial score (nSPS) is 17.3. The summed E-state index contributed by atoms with van der Waals surface area (Å²) < 4.78 is 0. The maximum Gasteiger partial charge on any atom is 0.254 e. The van der Waals surface area contributed by atoms with Crippen LogP contribution in [0.3, 0.4) is 0 Å². The van der Waals surface area contributed by atoms with Gasteiger partial charge in [0.1, 0.15) is 13.2 Å². The molecule has 1 aliphatic rings. The molecular weight excluding hydrogens is 442 g/mol. The zero-order valence-electron chi connectivity index (χ0n) is 19.8. The van der Waals surface area contributed by atoms with E-state index in [0.29, 0.717) is 16.8 Å². The number of hydrogen-bond donors (Lipinski definition) is 2. The Kier molecular flexibility index (Phi) is 7.57. The molecule has 1 heterocycles. The minimum atomic E-state index is -0.841. The molecule has 4 rings (SSSR count). The van der Waals surface area contributed by atoms with Gasteiger partial charge in [-0.3, -0.25) is 9.59 Å². The highest BCUT2D eigenvalue weighted by Crippen LogP contribution is 2.25. The summed E-state index contributed by atoms with van der Waals surface area (Å²) in [4.78, 5) is 32.8. The zero-order chi connectivity index (χ0) is 24.8. The average molecular weight is 472 g/mol. The number of carbonyl (C=O) groups is 2. The van der Waals surface area contributed by atoms with Crippen LogP contribution in [-0.2, 0) is 9.63 Å². The number of likely N-dealkylation sites (tertiary alicyclic amines) is 1. The van der Waals surface area contributed by atoms with E-state index < -0.39 is 12.1 Å². The second kappa shape index (κ2) is 11.0. The molecule has 0 aromatic heterocycles. The molecule has 7 nitrogen and oxygen atoms in total. The number of carbonyl (C=O) groups excluding carboxylic acids is 2. The van der Waals surface area contributed by atoms with Crippen LogP contribution in [0.5, 0.6) is 0 Å². The molecule has 0 saturated carbocycles. The average Bonchev–Trinajstić information content (AvgIpc) is 3.32. The number of hydrogen-bond acceptors (Lipinski definition) is 5. The fourth-order valence-electron chi connectivity index (χ4n) is 4.31. The van der Waals surface area contributed by atoms with E-state index in [1.807, 2.05) is 61.5 Å². The molecule has 35 heavy (non-hydrogen) atoms. The van der Waals surface area contributed by atoms with Gasteiger partial charge in [0, 0.05) is 18.5 Å². The first-order chi connectivity index (χ1) is 17.0. The lowest BCUT2D eigenvalue weighted by molar-refractivity contribution is -0.125. The molecule has 3 aromatic rings. The van der Waals surface area contributed by atoms with Crippen LogP contribution in [-0.4, -0.2) is 53.8 Å². The lowest BCUT2D eigenvalue weighted by Gasteiger charge is -2.24. The molecule has 0 spiro atoms. The molecule has 180 valence electrons. The molecule has 0 aliphatic carbocycles. The van der Waals surface area contributed by atoms with Crippen molar-refractivity contribution in [3.8, 4) is 11.1 Å². The van der Waals surface area contributed by atoms with Crippen molar-refractivity contribution < 1.29 is 19.5 Å². The molecular formula is C28H29N3O4. The van der Waals surface area contributed by atoms with Gasteiger partial charge >= 0.3 is 0 Å². The van der Waals surface area contributed by atoms with Gasteiger partial charge in [0.25, 0.3) is 5.91 Å². The van der Waals surface area contributed by atoms with Gasteiger partial charge in [0.2, 0.25) is 5.91 Å². The topological polar surface area (TPSA) is 91.2 Å². The lowest BCUT2D eigenvalue weighted by atomic mass is 9.99. The van der Waals surface area contributed by atoms with Crippen molar-refractivity contribution in [1.82, 2.24) is 10.2 Å². The van der Waals surface area contributed by atoms with Crippen LogP contribution >= 0.6 is 0 Å². The van der Waals surface area contributed by atoms with Gasteiger partial charge in [-0.15, -0.1) is 0 Å². The smallest absolute Gasteiger partial charge is 0.254 e. The molecule has 1 saturated heterocycles. The van der Waals surface area contributed by atoms with Gasteiger partial charge in [-0.25, -0.2) is 0 Å². The summed E-state index contributed by atoms with van der Waals surface area (Å²) in [5.74, 6) is -0.599. The van der Waals surface area contributed by atoms with Crippen LogP contribution in [0.15, 0.2) is 84.0 Å². The van der Waals surface area contributed by atoms with E-state index in [4.69, 9.17) is 4.84 Å². The highest BCUT2D eigenvalue weighted by molar-refractivity contribution is 6.05. The first kappa shape index (κ1) is 24.2. The van der Waals surface area contributed by atoms with Gasteiger partial charge in [-0.2, -0.15) is 0 Å². The number of nitrogens with one attached hydrogen (secondary N) is 1. The zero-order valence-corrected chi connectivity index (χ0v) is 19.8. The van der Waals surface area contributed by atoms with Crippen molar-refractivity contribution in [2.75, 3.05) is 20.2 Å². The van der Waals surface area contributed by atoms with Crippen LogP contribution in [0.4, 0.5) is 0 Å². The Balaban J connectivity index is 1.49. The van der Waals surface area contributed by atoms with Crippen LogP contribution in [0, 0.1) is 6.92 Å². The fourth-order valence-corrected chi connectivity index (χ4v) is 4.31. The van der Waals surface area contributed by atoms with Crippen molar-refractivity contribution in [1.29, 1.82) is 0 Å². The maximum absolute atomic E-state index is 13.4. The predicted molar refractivity (Wildman–Crippen MR) is 135 cm³/mol. The minimum absolute atomic E-state index is 0.0449. The Morgan fingerprint density at radius 3 is 2.43 bits per heavy atom. The van der Waals surface area contributed by atoms with E-state index in [1.54, 1.807) is 24.3 Å². The SMILES string of the molecule is CON=C1CC(C(=O)NCC(O)c2ccccc2)N(C(=O)c2ccc(-c3ccccc3C)cc2)C1. The van der Waals surface area contributed by atoms with Crippen LogP contribution in [0.1, 0.15) is 34.0 Å². The van der Waals surface area contributed by atoms with Gasteiger partial charge in [0.05, 0.1) is 18.4 Å². The number of amides is 2. The molecule has 2 unspecified atom stereocenters. The Labute approximate surface area is 205 Å². The van der Waals surface area contributed by atoms with E-state index in [2.05, 4.69) is 10.5 Å². The minimum Gasteiger partial charge on any atom is -0.399 e. The van der Waals surface area contributed by atoms with E-state index in [0.717, 1.165) is 16.7 Å². The van der Waals surface area contributed by atoms with E-state index in [9.17, 15) is 14.7 Å². The van der Waals surface area contributed by atoms with Crippen LogP contribution in [0.2, 0.25) is 0 Å². The number of benzene rings is 3. The summed E-state index contributed by atoms with van der Waals surface area (Å²) in [6.45, 7) is 2.29. The van der Waals surface area contributed by atoms with Crippen molar-refractivity contribution in [3.63, 3.8) is 0 Å². The number of oxime groups is 1. The molecule has 1 fully saturated rings. The fraction of sp³-hybridized carbons (Fsp3) is 0.250. The van der Waals surface area contributed by atoms with Crippen molar-refractivity contribution >= 4 is 17.5 Å². The first-order valence-electron chi connectivity index (χ1n) is 11.5. The third-order valence-corrected chi connectivity index (χ3v) is 6.18.